The molecule has 3 heteroatoms. The van der Waals surface area contributed by atoms with Crippen LogP contribution in [0.25, 0.3) is 0 Å². The largest absolute Gasteiger partial charge is 0.368 e. The Labute approximate surface area is 48.0 Å². The molecule has 1 heterocycles. The van der Waals surface area contributed by atoms with E-state index in [0.29, 0.717) is 13.2 Å². The Kier molecular flexibility index (Phi) is 2.00. The van der Waals surface area contributed by atoms with Crippen molar-refractivity contribution in [1.82, 2.24) is 5.32 Å². The highest BCUT2D eigenvalue weighted by atomic mass is 16.5. The zero-order valence-electron chi connectivity index (χ0n) is 4.59. The molecule has 1 saturated heterocycles. The van der Waals surface area contributed by atoms with Crippen LogP contribution in [0.2, 0.25) is 0 Å². The highest BCUT2D eigenvalue weighted by Gasteiger charge is 2.09. The Morgan fingerprint density at radius 2 is 2.62 bits per heavy atom. The van der Waals surface area contributed by atoms with E-state index in [1.54, 1.807) is 0 Å². The Balaban J connectivity index is 2.22. The van der Waals surface area contributed by atoms with E-state index in [2.05, 4.69) is 5.32 Å². The number of morpholine rings is 1. The smallest absolute Gasteiger partial charge is 0.150 e. The summed E-state index contributed by atoms with van der Waals surface area (Å²) in [5.74, 6) is 0. The Hall–Kier alpha value is -0.410. The summed E-state index contributed by atoms with van der Waals surface area (Å²) in [5, 5.41) is 3.03. The van der Waals surface area contributed by atoms with Crippen LogP contribution in [-0.2, 0) is 9.53 Å². The first kappa shape index (κ1) is 5.72. The van der Waals surface area contributed by atoms with Crippen molar-refractivity contribution in [1.29, 1.82) is 0 Å². The van der Waals surface area contributed by atoms with Crippen molar-refractivity contribution in [3.63, 3.8) is 0 Å². The molecule has 0 saturated carbocycles. The van der Waals surface area contributed by atoms with Gasteiger partial charge in [0, 0.05) is 13.1 Å². The number of carbonyl (C=O) groups excluding carboxylic acids is 1. The third-order valence-electron chi connectivity index (χ3n) is 1.11. The highest BCUT2D eigenvalue weighted by molar-refractivity contribution is 5.56. The summed E-state index contributed by atoms with van der Waals surface area (Å²) < 4.78 is 5.00. The van der Waals surface area contributed by atoms with Crippen LogP contribution in [0.1, 0.15) is 0 Å². The first-order chi connectivity index (χ1) is 3.93. The van der Waals surface area contributed by atoms with Crippen LogP contribution in [-0.4, -0.2) is 32.1 Å². The van der Waals surface area contributed by atoms with Gasteiger partial charge in [-0.3, -0.25) is 0 Å². The summed E-state index contributed by atoms with van der Waals surface area (Å²) in [7, 11) is 0. The average molecular weight is 115 g/mol. The number of carbonyl (C=O) groups is 1. The van der Waals surface area contributed by atoms with E-state index >= 15 is 0 Å². The number of nitrogens with one attached hydrogen (secondary N) is 1. The molecular formula is C5H9NO2. The van der Waals surface area contributed by atoms with E-state index in [1.165, 1.54) is 0 Å². The number of rotatable bonds is 1. The lowest BCUT2D eigenvalue weighted by Gasteiger charge is -2.17. The fourth-order valence-electron chi connectivity index (χ4n) is 0.673. The molecule has 0 aromatic heterocycles. The lowest BCUT2D eigenvalue weighted by molar-refractivity contribution is -0.119. The third kappa shape index (κ3) is 1.28. The molecule has 0 aromatic rings. The molecule has 0 aromatic carbocycles. The van der Waals surface area contributed by atoms with E-state index in [1.807, 2.05) is 0 Å². The summed E-state index contributed by atoms with van der Waals surface area (Å²) in [4.78, 5) is 9.99. The molecule has 1 unspecified atom stereocenters. The lowest BCUT2D eigenvalue weighted by atomic mass is 10.3. The van der Waals surface area contributed by atoms with Crippen LogP contribution in [0.5, 0.6) is 0 Å². The topological polar surface area (TPSA) is 38.3 Å². The molecule has 0 aliphatic carbocycles. The minimum atomic E-state index is -0.205. The molecule has 3 nitrogen and oxygen atoms in total. The molecule has 1 aliphatic heterocycles. The first-order valence-electron chi connectivity index (χ1n) is 2.71. The maximum Gasteiger partial charge on any atom is 0.150 e. The quantitative estimate of drug-likeness (QED) is 0.453. The van der Waals surface area contributed by atoms with E-state index in [4.69, 9.17) is 4.74 Å². The fraction of sp³-hybridized carbons (Fsp3) is 0.800. The summed E-state index contributed by atoms with van der Waals surface area (Å²) in [5.41, 5.74) is 0. The molecule has 1 fully saturated rings. The molecular weight excluding hydrogens is 106 g/mol. The molecule has 46 valence electrons. The van der Waals surface area contributed by atoms with Crippen molar-refractivity contribution >= 4 is 6.29 Å². The zero-order chi connectivity index (χ0) is 5.82. The van der Waals surface area contributed by atoms with E-state index in [-0.39, 0.29) is 6.10 Å². The normalized spacial score (nSPS) is 29.8. The van der Waals surface area contributed by atoms with Gasteiger partial charge in [0.1, 0.15) is 12.4 Å². The lowest BCUT2D eigenvalue weighted by Crippen LogP contribution is -2.39. The Morgan fingerprint density at radius 1 is 1.75 bits per heavy atom. The number of hydrogen-bond acceptors (Lipinski definition) is 3. The zero-order valence-corrected chi connectivity index (χ0v) is 4.59. The molecule has 1 N–H and O–H groups in total. The monoisotopic (exact) mass is 115 g/mol. The van der Waals surface area contributed by atoms with Crippen molar-refractivity contribution < 1.29 is 9.53 Å². The molecule has 0 spiro atoms. The van der Waals surface area contributed by atoms with Crippen LogP contribution in [0, 0.1) is 0 Å². The second-order valence-corrected chi connectivity index (χ2v) is 1.75. The molecule has 1 rings (SSSR count). The van der Waals surface area contributed by atoms with Crippen molar-refractivity contribution in [3.05, 3.63) is 0 Å². The maximum atomic E-state index is 9.99. The van der Waals surface area contributed by atoms with Gasteiger partial charge in [-0.15, -0.1) is 0 Å². The van der Waals surface area contributed by atoms with E-state index < -0.39 is 0 Å². The van der Waals surface area contributed by atoms with Gasteiger partial charge in [0.2, 0.25) is 0 Å². The summed E-state index contributed by atoms with van der Waals surface area (Å²) in [6.45, 7) is 2.19. The van der Waals surface area contributed by atoms with Gasteiger partial charge in [0.15, 0.2) is 0 Å². The second kappa shape index (κ2) is 2.79. The van der Waals surface area contributed by atoms with Crippen molar-refractivity contribution in [2.75, 3.05) is 19.7 Å². The van der Waals surface area contributed by atoms with Gasteiger partial charge in [-0.05, 0) is 0 Å². The highest BCUT2D eigenvalue weighted by Crippen LogP contribution is 1.89. The third-order valence-corrected chi connectivity index (χ3v) is 1.11. The standard InChI is InChI=1S/C5H9NO2/c7-4-5-3-6-1-2-8-5/h4-6H,1-3H2. The fourth-order valence-corrected chi connectivity index (χ4v) is 0.673. The predicted molar refractivity (Wildman–Crippen MR) is 28.7 cm³/mol. The molecule has 8 heavy (non-hydrogen) atoms. The minimum Gasteiger partial charge on any atom is -0.368 e. The van der Waals surface area contributed by atoms with E-state index in [0.717, 1.165) is 12.8 Å². The number of hydrogen-bond donors (Lipinski definition) is 1. The molecule has 1 atom stereocenters. The van der Waals surface area contributed by atoms with Gasteiger partial charge in [0.05, 0.1) is 6.61 Å². The van der Waals surface area contributed by atoms with Gasteiger partial charge < -0.3 is 14.8 Å². The van der Waals surface area contributed by atoms with Crippen LogP contribution in [0.4, 0.5) is 0 Å². The van der Waals surface area contributed by atoms with E-state index in [9.17, 15) is 4.79 Å². The Morgan fingerprint density at radius 3 is 3.00 bits per heavy atom. The summed E-state index contributed by atoms with van der Waals surface area (Å²) in [6.07, 6.45) is 0.621. The van der Waals surface area contributed by atoms with Crippen LogP contribution in [0.15, 0.2) is 0 Å². The average Bonchev–Trinajstić information content (AvgIpc) is 1.90. The van der Waals surface area contributed by atoms with Gasteiger partial charge in [-0.1, -0.05) is 0 Å². The molecule has 0 amide bonds. The Bertz CT molecular complexity index is 78.5. The van der Waals surface area contributed by atoms with Gasteiger partial charge >= 0.3 is 0 Å². The maximum absolute atomic E-state index is 9.99. The summed E-state index contributed by atoms with van der Waals surface area (Å²) >= 11 is 0. The number of ether oxygens (including phenoxy) is 1. The van der Waals surface area contributed by atoms with Crippen LogP contribution >= 0.6 is 0 Å². The molecule has 0 bridgehead atoms. The second-order valence-electron chi connectivity index (χ2n) is 1.75. The predicted octanol–water partition coefficient (Wildman–Crippen LogP) is -0.826. The first-order valence-corrected chi connectivity index (χ1v) is 2.71. The van der Waals surface area contributed by atoms with Crippen molar-refractivity contribution in [2.24, 2.45) is 0 Å². The number of aldehydes is 1. The van der Waals surface area contributed by atoms with Crippen LogP contribution in [0.3, 0.4) is 0 Å². The van der Waals surface area contributed by atoms with Crippen LogP contribution < -0.4 is 5.32 Å². The van der Waals surface area contributed by atoms with Gasteiger partial charge in [0.25, 0.3) is 0 Å². The minimum absolute atomic E-state index is 0.205. The van der Waals surface area contributed by atoms with Gasteiger partial charge in [-0.2, -0.15) is 0 Å². The van der Waals surface area contributed by atoms with Crippen molar-refractivity contribution in [3.8, 4) is 0 Å². The van der Waals surface area contributed by atoms with Crippen molar-refractivity contribution in [2.45, 2.75) is 6.10 Å². The molecule has 0 radical (unpaired) electrons. The summed E-state index contributed by atoms with van der Waals surface area (Å²) in [6, 6.07) is 0. The SMILES string of the molecule is O=CC1CNCCO1. The van der Waals surface area contributed by atoms with Gasteiger partial charge in [-0.25, -0.2) is 0 Å². The molecule has 1 aliphatic rings.